The van der Waals surface area contributed by atoms with E-state index in [1.165, 1.54) is 0 Å². The summed E-state index contributed by atoms with van der Waals surface area (Å²) in [6.07, 6.45) is 2.55. The number of hydrogen-bond donors (Lipinski definition) is 3. The number of hydrogen-bond acceptors (Lipinski definition) is 4. The van der Waals surface area contributed by atoms with Crippen LogP contribution in [0.3, 0.4) is 0 Å². The summed E-state index contributed by atoms with van der Waals surface area (Å²) in [6.45, 7) is 3.64. The SMILES string of the molecule is CC1(C)Oc2ccc(NC(=O)NC3CCC(C(=O)O)CC3)cc2O1. The number of urea groups is 1. The fraction of sp³-hybridized carbons (Fsp3) is 0.529. The zero-order chi connectivity index (χ0) is 17.3. The van der Waals surface area contributed by atoms with Gasteiger partial charge in [0.2, 0.25) is 5.79 Å². The smallest absolute Gasteiger partial charge is 0.319 e. The maximum absolute atomic E-state index is 12.1. The van der Waals surface area contributed by atoms with Crippen molar-refractivity contribution in [3.63, 3.8) is 0 Å². The minimum absolute atomic E-state index is 0.00791. The van der Waals surface area contributed by atoms with E-state index in [9.17, 15) is 9.59 Å². The van der Waals surface area contributed by atoms with Crippen LogP contribution in [0.25, 0.3) is 0 Å². The molecule has 1 heterocycles. The number of carboxylic acids is 1. The summed E-state index contributed by atoms with van der Waals surface area (Å²) < 4.78 is 11.3. The van der Waals surface area contributed by atoms with E-state index >= 15 is 0 Å². The molecule has 24 heavy (non-hydrogen) atoms. The van der Waals surface area contributed by atoms with E-state index < -0.39 is 11.8 Å². The Morgan fingerprint density at radius 1 is 1.12 bits per heavy atom. The number of rotatable bonds is 3. The van der Waals surface area contributed by atoms with Crippen LogP contribution in [0, 0.1) is 5.92 Å². The molecule has 1 fully saturated rings. The van der Waals surface area contributed by atoms with Crippen molar-refractivity contribution < 1.29 is 24.2 Å². The largest absolute Gasteiger partial charge is 0.481 e. The highest BCUT2D eigenvalue weighted by Gasteiger charge is 2.32. The van der Waals surface area contributed by atoms with E-state index in [4.69, 9.17) is 14.6 Å². The molecule has 7 nitrogen and oxygen atoms in total. The van der Waals surface area contributed by atoms with Gasteiger partial charge in [0.05, 0.1) is 5.92 Å². The summed E-state index contributed by atoms with van der Waals surface area (Å²) in [7, 11) is 0. The second-order valence-electron chi connectivity index (χ2n) is 6.75. The summed E-state index contributed by atoms with van der Waals surface area (Å²) in [4.78, 5) is 23.1. The Balaban J connectivity index is 1.52. The van der Waals surface area contributed by atoms with Gasteiger partial charge in [-0.15, -0.1) is 0 Å². The number of amides is 2. The van der Waals surface area contributed by atoms with Crippen molar-refractivity contribution in [1.82, 2.24) is 5.32 Å². The van der Waals surface area contributed by atoms with Gasteiger partial charge in [-0.25, -0.2) is 4.79 Å². The summed E-state index contributed by atoms with van der Waals surface area (Å²) in [6, 6.07) is 4.95. The normalized spacial score (nSPS) is 24.2. The molecule has 0 unspecified atom stereocenters. The van der Waals surface area contributed by atoms with Crippen LogP contribution in [0.1, 0.15) is 39.5 Å². The van der Waals surface area contributed by atoms with Crippen molar-refractivity contribution in [2.75, 3.05) is 5.32 Å². The highest BCUT2D eigenvalue weighted by atomic mass is 16.7. The lowest BCUT2D eigenvalue weighted by molar-refractivity contribution is -0.142. The molecule has 0 saturated heterocycles. The molecule has 0 spiro atoms. The van der Waals surface area contributed by atoms with Gasteiger partial charge in [-0.05, 0) is 37.8 Å². The maximum Gasteiger partial charge on any atom is 0.319 e. The summed E-state index contributed by atoms with van der Waals surface area (Å²) >= 11 is 0. The highest BCUT2D eigenvalue weighted by Crippen LogP contribution is 2.40. The number of fused-ring (bicyclic) bond motifs is 1. The third-order valence-corrected chi connectivity index (χ3v) is 4.32. The number of carbonyl (C=O) groups is 2. The van der Waals surface area contributed by atoms with Crippen LogP contribution < -0.4 is 20.1 Å². The van der Waals surface area contributed by atoms with Crippen LogP contribution in [-0.2, 0) is 4.79 Å². The predicted molar refractivity (Wildman–Crippen MR) is 87.3 cm³/mol. The van der Waals surface area contributed by atoms with Gasteiger partial charge in [-0.3, -0.25) is 4.79 Å². The van der Waals surface area contributed by atoms with Crippen molar-refractivity contribution in [3.05, 3.63) is 18.2 Å². The Kier molecular flexibility index (Phi) is 4.26. The minimum atomic E-state index is -0.749. The van der Waals surface area contributed by atoms with Crippen molar-refractivity contribution in [1.29, 1.82) is 0 Å². The lowest BCUT2D eigenvalue weighted by atomic mass is 9.86. The van der Waals surface area contributed by atoms with E-state index in [-0.39, 0.29) is 18.0 Å². The second-order valence-corrected chi connectivity index (χ2v) is 6.75. The first kappa shape index (κ1) is 16.4. The quantitative estimate of drug-likeness (QED) is 0.789. The number of benzene rings is 1. The van der Waals surface area contributed by atoms with Gasteiger partial charge >= 0.3 is 12.0 Å². The van der Waals surface area contributed by atoms with Crippen molar-refractivity contribution in [3.8, 4) is 11.5 Å². The first-order valence-electron chi connectivity index (χ1n) is 8.15. The molecule has 2 aliphatic rings. The van der Waals surface area contributed by atoms with Gasteiger partial charge < -0.3 is 25.2 Å². The molecular weight excluding hydrogens is 312 g/mol. The molecule has 0 bridgehead atoms. The van der Waals surface area contributed by atoms with Crippen LogP contribution in [0.2, 0.25) is 0 Å². The molecule has 0 atom stereocenters. The van der Waals surface area contributed by atoms with E-state index in [2.05, 4.69) is 10.6 Å². The topological polar surface area (TPSA) is 96.9 Å². The van der Waals surface area contributed by atoms with Gasteiger partial charge in [-0.1, -0.05) is 0 Å². The van der Waals surface area contributed by atoms with Crippen LogP contribution in [0.15, 0.2) is 18.2 Å². The van der Waals surface area contributed by atoms with Crippen LogP contribution >= 0.6 is 0 Å². The Labute approximate surface area is 140 Å². The average molecular weight is 334 g/mol. The van der Waals surface area contributed by atoms with E-state index in [0.717, 1.165) is 0 Å². The first-order valence-corrected chi connectivity index (χ1v) is 8.15. The molecule has 7 heteroatoms. The number of anilines is 1. The van der Waals surface area contributed by atoms with Crippen molar-refractivity contribution in [2.24, 2.45) is 5.92 Å². The van der Waals surface area contributed by atoms with Gasteiger partial charge in [0.25, 0.3) is 0 Å². The monoisotopic (exact) mass is 334 g/mol. The Morgan fingerprint density at radius 2 is 1.79 bits per heavy atom. The molecule has 1 aliphatic carbocycles. The van der Waals surface area contributed by atoms with Crippen LogP contribution in [0.4, 0.5) is 10.5 Å². The lowest BCUT2D eigenvalue weighted by Gasteiger charge is -2.26. The molecule has 0 radical (unpaired) electrons. The number of aliphatic carboxylic acids is 1. The third-order valence-electron chi connectivity index (χ3n) is 4.32. The van der Waals surface area contributed by atoms with E-state index in [1.807, 2.05) is 13.8 Å². The highest BCUT2D eigenvalue weighted by molar-refractivity contribution is 5.90. The molecule has 3 N–H and O–H groups in total. The van der Waals surface area contributed by atoms with Crippen LogP contribution in [-0.4, -0.2) is 28.9 Å². The fourth-order valence-corrected chi connectivity index (χ4v) is 3.14. The fourth-order valence-electron chi connectivity index (χ4n) is 3.14. The minimum Gasteiger partial charge on any atom is -0.481 e. The number of ether oxygens (including phenoxy) is 2. The number of carboxylic acid groups (broad SMARTS) is 1. The van der Waals surface area contributed by atoms with E-state index in [0.29, 0.717) is 42.9 Å². The summed E-state index contributed by atoms with van der Waals surface area (Å²) in [5.41, 5.74) is 0.617. The molecule has 1 aromatic rings. The molecule has 2 amide bonds. The molecule has 1 saturated carbocycles. The van der Waals surface area contributed by atoms with Gasteiger partial charge in [0.1, 0.15) is 0 Å². The predicted octanol–water partition coefficient (Wildman–Crippen LogP) is 2.96. The van der Waals surface area contributed by atoms with Gasteiger partial charge in [0, 0.05) is 31.6 Å². The maximum atomic E-state index is 12.1. The van der Waals surface area contributed by atoms with Crippen LogP contribution in [0.5, 0.6) is 11.5 Å². The van der Waals surface area contributed by atoms with E-state index in [1.54, 1.807) is 18.2 Å². The number of carbonyl (C=O) groups excluding carboxylic acids is 1. The number of nitrogens with one attached hydrogen (secondary N) is 2. The van der Waals surface area contributed by atoms with Gasteiger partial charge in [0.15, 0.2) is 11.5 Å². The standard InChI is InChI=1S/C17H22N2O5/c1-17(2)23-13-8-7-12(9-14(13)24-17)19-16(22)18-11-5-3-10(4-6-11)15(20)21/h7-11H,3-6H2,1-2H3,(H,20,21)(H2,18,19,22). The Bertz CT molecular complexity index is 650. The molecule has 130 valence electrons. The Morgan fingerprint density at radius 3 is 2.46 bits per heavy atom. The molecule has 0 aromatic heterocycles. The molecule has 1 aliphatic heterocycles. The second kappa shape index (κ2) is 6.22. The summed E-state index contributed by atoms with van der Waals surface area (Å²) in [5.74, 6) is -0.492. The summed E-state index contributed by atoms with van der Waals surface area (Å²) in [5, 5.41) is 14.7. The zero-order valence-electron chi connectivity index (χ0n) is 13.8. The molecular formula is C17H22N2O5. The average Bonchev–Trinajstić information content (AvgIpc) is 2.80. The molecule has 3 rings (SSSR count). The lowest BCUT2D eigenvalue weighted by Crippen LogP contribution is -2.40. The zero-order valence-corrected chi connectivity index (χ0v) is 13.8. The molecule has 1 aromatic carbocycles. The van der Waals surface area contributed by atoms with Crippen molar-refractivity contribution in [2.45, 2.75) is 51.4 Å². The third kappa shape index (κ3) is 3.72. The van der Waals surface area contributed by atoms with Gasteiger partial charge in [-0.2, -0.15) is 0 Å². The van der Waals surface area contributed by atoms with Crippen molar-refractivity contribution >= 4 is 17.7 Å². The first-order chi connectivity index (χ1) is 11.3. The Hall–Kier alpha value is -2.44.